The zero-order valence-corrected chi connectivity index (χ0v) is 9.51. The molecule has 0 radical (unpaired) electrons. The first kappa shape index (κ1) is 12.6. The highest BCUT2D eigenvalue weighted by molar-refractivity contribution is 5.83. The molecule has 0 spiro atoms. The number of methoxy groups -OCH3 is 1. The number of carbonyl (C=O) groups is 1. The standard InChI is InChI=1S/C10H15F3N2O2/c1-17-9(10(11,12)13)5-15(6-9)8(16)7-3-2-4-14-7/h7,14H,2-6H2,1H3/t7-/m0/s1. The Kier molecular flexibility index (Phi) is 3.07. The Hall–Kier alpha value is -0.820. The third-order valence-electron chi connectivity index (χ3n) is 3.47. The Morgan fingerprint density at radius 3 is 2.53 bits per heavy atom. The predicted octanol–water partition coefficient (Wildman–Crippen LogP) is 0.528. The predicted molar refractivity (Wildman–Crippen MR) is 53.4 cm³/mol. The van der Waals surface area contributed by atoms with E-state index in [1.807, 2.05) is 0 Å². The van der Waals surface area contributed by atoms with E-state index in [1.54, 1.807) is 0 Å². The molecule has 1 amide bonds. The quantitative estimate of drug-likeness (QED) is 0.779. The number of amides is 1. The lowest BCUT2D eigenvalue weighted by molar-refractivity contribution is -0.306. The topological polar surface area (TPSA) is 41.6 Å². The SMILES string of the molecule is COC1(C(F)(F)F)CN(C(=O)[C@@H]2CCCN2)C1. The van der Waals surface area contributed by atoms with Crippen LogP contribution in [-0.2, 0) is 9.53 Å². The van der Waals surface area contributed by atoms with Crippen LogP contribution in [0.2, 0.25) is 0 Å². The van der Waals surface area contributed by atoms with Gasteiger partial charge in [-0.3, -0.25) is 4.79 Å². The Morgan fingerprint density at radius 1 is 1.47 bits per heavy atom. The van der Waals surface area contributed by atoms with Crippen molar-refractivity contribution >= 4 is 5.91 Å². The number of halogens is 3. The van der Waals surface area contributed by atoms with Gasteiger partial charge in [-0.2, -0.15) is 13.2 Å². The van der Waals surface area contributed by atoms with Crippen molar-refractivity contribution in [3.05, 3.63) is 0 Å². The maximum absolute atomic E-state index is 12.7. The van der Waals surface area contributed by atoms with Crippen LogP contribution in [0.25, 0.3) is 0 Å². The van der Waals surface area contributed by atoms with Crippen LogP contribution in [0.3, 0.4) is 0 Å². The van der Waals surface area contributed by atoms with E-state index in [4.69, 9.17) is 0 Å². The van der Waals surface area contributed by atoms with E-state index < -0.39 is 24.9 Å². The summed E-state index contributed by atoms with van der Waals surface area (Å²) in [4.78, 5) is 13.0. The fourth-order valence-electron chi connectivity index (χ4n) is 2.27. The van der Waals surface area contributed by atoms with E-state index in [-0.39, 0.29) is 11.9 Å². The van der Waals surface area contributed by atoms with Gasteiger partial charge in [0.15, 0.2) is 5.60 Å². The van der Waals surface area contributed by atoms with Gasteiger partial charge in [-0.05, 0) is 19.4 Å². The summed E-state index contributed by atoms with van der Waals surface area (Å²) < 4.78 is 42.6. The molecule has 2 saturated heterocycles. The van der Waals surface area contributed by atoms with Gasteiger partial charge in [0.05, 0.1) is 19.1 Å². The number of ether oxygens (including phenoxy) is 1. The minimum Gasteiger partial charge on any atom is -0.365 e. The van der Waals surface area contributed by atoms with Crippen LogP contribution < -0.4 is 5.32 Å². The fraction of sp³-hybridized carbons (Fsp3) is 0.900. The van der Waals surface area contributed by atoms with E-state index in [2.05, 4.69) is 10.1 Å². The van der Waals surface area contributed by atoms with E-state index in [0.29, 0.717) is 6.42 Å². The van der Waals surface area contributed by atoms with Crippen LogP contribution in [0, 0.1) is 0 Å². The minimum atomic E-state index is -4.43. The maximum Gasteiger partial charge on any atom is 0.420 e. The highest BCUT2D eigenvalue weighted by atomic mass is 19.4. The normalized spacial score (nSPS) is 28.0. The van der Waals surface area contributed by atoms with Crippen molar-refractivity contribution < 1.29 is 22.7 Å². The summed E-state index contributed by atoms with van der Waals surface area (Å²) in [6.07, 6.45) is -2.85. The summed E-state index contributed by atoms with van der Waals surface area (Å²) in [6.45, 7) is -0.0486. The van der Waals surface area contributed by atoms with Gasteiger partial charge < -0.3 is 15.0 Å². The number of nitrogens with zero attached hydrogens (tertiary/aromatic N) is 1. The lowest BCUT2D eigenvalue weighted by atomic mass is 9.92. The summed E-state index contributed by atoms with van der Waals surface area (Å²) in [7, 11) is 1.03. The number of likely N-dealkylation sites (tertiary alicyclic amines) is 1. The van der Waals surface area contributed by atoms with Crippen LogP contribution in [0.5, 0.6) is 0 Å². The monoisotopic (exact) mass is 252 g/mol. The van der Waals surface area contributed by atoms with E-state index in [0.717, 1.165) is 20.1 Å². The molecule has 0 aliphatic carbocycles. The van der Waals surface area contributed by atoms with Gasteiger partial charge in [-0.25, -0.2) is 0 Å². The molecule has 1 atom stereocenters. The minimum absolute atomic E-state index is 0.251. The lowest BCUT2D eigenvalue weighted by Crippen LogP contribution is -2.72. The lowest BCUT2D eigenvalue weighted by Gasteiger charge is -2.49. The average molecular weight is 252 g/mol. The van der Waals surface area contributed by atoms with Crippen molar-refractivity contribution in [2.45, 2.75) is 30.7 Å². The van der Waals surface area contributed by atoms with Crippen LogP contribution in [0.15, 0.2) is 0 Å². The second-order valence-corrected chi connectivity index (χ2v) is 4.54. The van der Waals surface area contributed by atoms with Crippen molar-refractivity contribution in [2.24, 2.45) is 0 Å². The summed E-state index contributed by atoms with van der Waals surface area (Å²) in [5.41, 5.74) is -2.17. The number of alkyl halides is 3. The Labute approximate surface area is 97.1 Å². The number of hydrogen-bond acceptors (Lipinski definition) is 3. The molecular weight excluding hydrogens is 237 g/mol. The molecule has 2 fully saturated rings. The van der Waals surface area contributed by atoms with Crippen molar-refractivity contribution in [1.29, 1.82) is 0 Å². The summed E-state index contributed by atoms with van der Waals surface area (Å²) in [6, 6.07) is -0.321. The number of carbonyl (C=O) groups excluding carboxylic acids is 1. The third kappa shape index (κ3) is 2.01. The third-order valence-corrected chi connectivity index (χ3v) is 3.47. The van der Waals surface area contributed by atoms with Gasteiger partial charge >= 0.3 is 6.18 Å². The Balaban J connectivity index is 1.95. The van der Waals surface area contributed by atoms with Gasteiger partial charge in [0, 0.05) is 7.11 Å². The second kappa shape index (κ2) is 4.13. The number of nitrogens with one attached hydrogen (secondary N) is 1. The molecule has 0 aromatic carbocycles. The molecule has 17 heavy (non-hydrogen) atoms. The van der Waals surface area contributed by atoms with Gasteiger partial charge in [0.2, 0.25) is 5.91 Å². The highest BCUT2D eigenvalue weighted by Gasteiger charge is 2.64. The first-order chi connectivity index (χ1) is 7.89. The maximum atomic E-state index is 12.7. The molecule has 4 nitrogen and oxygen atoms in total. The van der Waals surface area contributed by atoms with Crippen molar-refractivity contribution in [3.63, 3.8) is 0 Å². The van der Waals surface area contributed by atoms with Gasteiger partial charge in [-0.15, -0.1) is 0 Å². The molecular formula is C10H15F3N2O2. The van der Waals surface area contributed by atoms with E-state index >= 15 is 0 Å². The van der Waals surface area contributed by atoms with Crippen LogP contribution in [0.4, 0.5) is 13.2 Å². The first-order valence-electron chi connectivity index (χ1n) is 5.54. The highest BCUT2D eigenvalue weighted by Crippen LogP contribution is 2.40. The zero-order chi connectivity index (χ0) is 12.7. The number of hydrogen-bond donors (Lipinski definition) is 1. The van der Waals surface area contributed by atoms with Crippen LogP contribution in [-0.4, -0.2) is 55.4 Å². The van der Waals surface area contributed by atoms with Gasteiger partial charge in [-0.1, -0.05) is 0 Å². The van der Waals surface area contributed by atoms with Crippen molar-refractivity contribution in [2.75, 3.05) is 26.7 Å². The molecule has 0 bridgehead atoms. The molecule has 7 heteroatoms. The summed E-state index contributed by atoms with van der Waals surface area (Å²) in [5.74, 6) is -0.251. The fourth-order valence-corrected chi connectivity index (χ4v) is 2.27. The molecule has 0 aromatic heterocycles. The van der Waals surface area contributed by atoms with E-state index in [9.17, 15) is 18.0 Å². The molecule has 0 saturated carbocycles. The molecule has 2 aliphatic heterocycles. The number of rotatable bonds is 2. The molecule has 0 unspecified atom stereocenters. The Morgan fingerprint density at radius 2 is 2.12 bits per heavy atom. The zero-order valence-electron chi connectivity index (χ0n) is 9.51. The summed E-state index contributed by atoms with van der Waals surface area (Å²) >= 11 is 0. The van der Waals surface area contributed by atoms with Crippen molar-refractivity contribution in [3.8, 4) is 0 Å². The Bertz CT molecular complexity index is 307. The molecule has 2 rings (SSSR count). The molecule has 98 valence electrons. The summed E-state index contributed by atoms with van der Waals surface area (Å²) in [5, 5.41) is 2.98. The van der Waals surface area contributed by atoms with Gasteiger partial charge in [0.1, 0.15) is 0 Å². The molecule has 1 N–H and O–H groups in total. The van der Waals surface area contributed by atoms with Crippen molar-refractivity contribution in [1.82, 2.24) is 10.2 Å². The van der Waals surface area contributed by atoms with Crippen LogP contribution in [0.1, 0.15) is 12.8 Å². The molecule has 2 heterocycles. The largest absolute Gasteiger partial charge is 0.420 e. The smallest absolute Gasteiger partial charge is 0.365 e. The molecule has 2 aliphatic rings. The molecule has 0 aromatic rings. The average Bonchev–Trinajstić information content (AvgIpc) is 2.66. The second-order valence-electron chi connectivity index (χ2n) is 4.54. The van der Waals surface area contributed by atoms with Gasteiger partial charge in [0.25, 0.3) is 0 Å². The van der Waals surface area contributed by atoms with Crippen LogP contribution >= 0.6 is 0 Å². The first-order valence-corrected chi connectivity index (χ1v) is 5.54. The van der Waals surface area contributed by atoms with E-state index in [1.165, 1.54) is 4.90 Å².